The van der Waals surface area contributed by atoms with Crippen molar-refractivity contribution in [3.63, 3.8) is 0 Å². The van der Waals surface area contributed by atoms with Crippen molar-refractivity contribution in [3.05, 3.63) is 87.7 Å². The van der Waals surface area contributed by atoms with Crippen molar-refractivity contribution in [2.75, 3.05) is 13.1 Å². The molecule has 0 unspecified atom stereocenters. The summed E-state index contributed by atoms with van der Waals surface area (Å²) in [6, 6.07) is 4.57. The number of amides is 2. The molecule has 0 bridgehead atoms. The maximum absolute atomic E-state index is 13.8. The monoisotopic (exact) mass is 690 g/mol. The molecule has 50 heavy (non-hydrogen) atoms. The zero-order chi connectivity index (χ0) is 36.5. The molecule has 1 aromatic rings. The third-order valence-electron chi connectivity index (χ3n) is 13.8. The molecule has 0 spiro atoms. The average molecular weight is 691 g/mol. The molecule has 6 rings (SSSR count). The zero-order valence-electron chi connectivity index (χ0n) is 29.9. The van der Waals surface area contributed by atoms with Crippen molar-refractivity contribution in [2.24, 2.45) is 33.0 Å². The van der Waals surface area contributed by atoms with Gasteiger partial charge < -0.3 is 15.7 Å². The summed E-state index contributed by atoms with van der Waals surface area (Å²) in [6.45, 7) is 13.9. The van der Waals surface area contributed by atoms with E-state index in [-0.39, 0.29) is 52.2 Å². The summed E-state index contributed by atoms with van der Waals surface area (Å²) >= 11 is 0. The van der Waals surface area contributed by atoms with E-state index in [9.17, 15) is 32.7 Å². The fraction of sp³-hybridized carbons (Fsp3) is 0.537. The van der Waals surface area contributed by atoms with E-state index < -0.39 is 23.1 Å². The summed E-state index contributed by atoms with van der Waals surface area (Å²) in [6.07, 6.45) is 10.8. The molecule has 0 aliphatic heterocycles. The summed E-state index contributed by atoms with van der Waals surface area (Å²) in [5, 5.41) is 16.2. The lowest BCUT2D eigenvalue weighted by atomic mass is 9.34. The smallest absolute Gasteiger partial charge is 0.416 e. The van der Waals surface area contributed by atoms with E-state index in [0.29, 0.717) is 17.1 Å². The number of aliphatic hydroxyl groups excluding tert-OH is 1. The van der Waals surface area contributed by atoms with E-state index in [2.05, 4.69) is 57.4 Å². The summed E-state index contributed by atoms with van der Waals surface area (Å²) in [5.74, 6) is -0.598. The quantitative estimate of drug-likeness (QED) is 0.206. The first-order valence-electron chi connectivity index (χ1n) is 17.8. The first-order valence-corrected chi connectivity index (χ1v) is 17.8. The van der Waals surface area contributed by atoms with Crippen LogP contribution in [0.3, 0.4) is 0 Å². The number of fused-ring (bicyclic) bond motifs is 7. The molecular weight excluding hydrogens is 641 g/mol. The summed E-state index contributed by atoms with van der Waals surface area (Å²) in [4.78, 5) is 39.0. The number of hydrogen-bond donors (Lipinski definition) is 3. The third-order valence-corrected chi connectivity index (χ3v) is 13.8. The molecule has 0 saturated heterocycles. The van der Waals surface area contributed by atoms with E-state index in [4.69, 9.17) is 0 Å². The number of carbonyl (C=O) groups excluding carboxylic acids is 3. The second-order valence-electron chi connectivity index (χ2n) is 16.6. The van der Waals surface area contributed by atoms with Crippen LogP contribution in [0.25, 0.3) is 6.08 Å². The molecule has 5 aliphatic rings. The Labute approximate surface area is 293 Å². The fourth-order valence-corrected chi connectivity index (χ4v) is 10.3. The van der Waals surface area contributed by atoms with Crippen LogP contribution in [0.1, 0.15) is 97.6 Å². The highest BCUT2D eigenvalue weighted by atomic mass is 19.4. The predicted octanol–water partition coefficient (Wildman–Crippen LogP) is 8.58. The average Bonchev–Trinajstić information content (AvgIpc) is 3.06. The molecule has 268 valence electrons. The summed E-state index contributed by atoms with van der Waals surface area (Å²) in [7, 11) is 0. The van der Waals surface area contributed by atoms with Gasteiger partial charge in [-0.2, -0.15) is 13.2 Å². The van der Waals surface area contributed by atoms with Crippen LogP contribution < -0.4 is 10.6 Å². The Balaban J connectivity index is 1.12. The Bertz CT molecular complexity index is 1780. The SMILES string of the molecule is CC1=C(O)C(=O)C=C2C1=CC=C1[C@@]2(C)CC[C@@]2(C)[C@@H]3C[C@](C)(C(=O)NCCNC(=O)/C=C/c4ccc(C(F)(F)F)cc4)CC[C@]3(C)CC[C@]12C. The van der Waals surface area contributed by atoms with E-state index in [1.165, 1.54) is 29.9 Å². The van der Waals surface area contributed by atoms with Crippen LogP contribution in [0.4, 0.5) is 13.2 Å². The molecule has 3 fully saturated rings. The van der Waals surface area contributed by atoms with Gasteiger partial charge in [0.25, 0.3) is 0 Å². The molecule has 6 atom stereocenters. The molecule has 1 aromatic carbocycles. The lowest BCUT2D eigenvalue weighted by Gasteiger charge is -2.70. The minimum atomic E-state index is -4.42. The Morgan fingerprint density at radius 3 is 2.26 bits per heavy atom. The van der Waals surface area contributed by atoms with Gasteiger partial charge in [-0.15, -0.1) is 0 Å². The van der Waals surface area contributed by atoms with Gasteiger partial charge in [-0.25, -0.2) is 0 Å². The van der Waals surface area contributed by atoms with E-state index in [1.54, 1.807) is 6.08 Å². The minimum absolute atomic E-state index is 0.0111. The second kappa shape index (κ2) is 12.1. The molecule has 5 aliphatic carbocycles. The first kappa shape index (κ1) is 35.9. The minimum Gasteiger partial charge on any atom is -0.504 e. The molecule has 2 amide bonds. The van der Waals surface area contributed by atoms with Gasteiger partial charge >= 0.3 is 6.18 Å². The summed E-state index contributed by atoms with van der Waals surface area (Å²) in [5.41, 5.74) is 2.72. The Kier molecular flexibility index (Phi) is 8.71. The number of rotatable bonds is 6. The van der Waals surface area contributed by atoms with Gasteiger partial charge in [0, 0.05) is 35.6 Å². The third kappa shape index (κ3) is 5.69. The zero-order valence-corrected chi connectivity index (χ0v) is 29.9. The van der Waals surface area contributed by atoms with Crippen molar-refractivity contribution in [1.29, 1.82) is 0 Å². The van der Waals surface area contributed by atoms with Crippen molar-refractivity contribution in [3.8, 4) is 0 Å². The molecule has 9 heteroatoms. The van der Waals surface area contributed by atoms with Gasteiger partial charge in [-0.3, -0.25) is 14.4 Å². The van der Waals surface area contributed by atoms with Gasteiger partial charge in [-0.05, 0) is 115 Å². The number of aliphatic hydroxyl groups is 1. The highest BCUT2D eigenvalue weighted by molar-refractivity contribution is 6.06. The van der Waals surface area contributed by atoms with Crippen molar-refractivity contribution in [1.82, 2.24) is 10.6 Å². The normalized spacial score (nSPS) is 35.2. The number of carbonyl (C=O) groups is 3. The van der Waals surface area contributed by atoms with Crippen LogP contribution in [-0.4, -0.2) is 35.8 Å². The standard InChI is InChI=1S/C41H49F3N2O4/c1-25-28-12-13-31-38(4,29(28)23-30(47)34(25)49)18-20-40(6)32-24-37(3,16-15-36(32,2)17-19-39(31,40)5)35(50)46-22-21-45-33(48)14-9-26-7-10-27(11-8-26)41(42,43)44/h7-14,23,32,49H,15-22,24H2,1-6H3,(H,45,48)(H,46,50)/b14-9+/t32-,36-,37-,38+,39-,40+/m1/s1. The van der Waals surface area contributed by atoms with Gasteiger partial charge in [0.05, 0.1) is 5.56 Å². The van der Waals surface area contributed by atoms with Crippen LogP contribution in [0.5, 0.6) is 0 Å². The number of benzene rings is 1. The largest absolute Gasteiger partial charge is 0.504 e. The van der Waals surface area contributed by atoms with Gasteiger partial charge in [0.15, 0.2) is 5.76 Å². The Morgan fingerprint density at radius 1 is 0.920 bits per heavy atom. The maximum Gasteiger partial charge on any atom is 0.416 e. The second-order valence-corrected chi connectivity index (χ2v) is 16.6. The van der Waals surface area contributed by atoms with Crippen molar-refractivity contribution >= 4 is 23.7 Å². The highest BCUT2D eigenvalue weighted by Gasteiger charge is 2.67. The number of halogens is 3. The van der Waals surface area contributed by atoms with Crippen LogP contribution in [0.2, 0.25) is 0 Å². The van der Waals surface area contributed by atoms with E-state index in [0.717, 1.165) is 68.2 Å². The summed E-state index contributed by atoms with van der Waals surface area (Å²) < 4.78 is 38.4. The van der Waals surface area contributed by atoms with Crippen molar-refractivity contribution in [2.45, 2.75) is 92.7 Å². The highest BCUT2D eigenvalue weighted by Crippen LogP contribution is 2.75. The molecular formula is C41H49F3N2O4. The molecule has 6 nitrogen and oxygen atoms in total. The van der Waals surface area contributed by atoms with Gasteiger partial charge in [0.2, 0.25) is 17.6 Å². The first-order chi connectivity index (χ1) is 23.3. The number of ketones is 1. The molecule has 3 saturated carbocycles. The van der Waals surface area contributed by atoms with Crippen molar-refractivity contribution < 1.29 is 32.7 Å². The van der Waals surface area contributed by atoms with Gasteiger partial charge in [0.1, 0.15) is 0 Å². The topological polar surface area (TPSA) is 95.5 Å². The number of allylic oxidation sites excluding steroid dienone is 7. The number of hydrogen-bond acceptors (Lipinski definition) is 4. The predicted molar refractivity (Wildman–Crippen MR) is 187 cm³/mol. The lowest BCUT2D eigenvalue weighted by Crippen LogP contribution is -2.62. The van der Waals surface area contributed by atoms with Crippen LogP contribution in [-0.2, 0) is 20.6 Å². The van der Waals surface area contributed by atoms with Crippen LogP contribution in [0, 0.1) is 33.0 Å². The number of alkyl halides is 3. The lowest BCUT2D eigenvalue weighted by molar-refractivity contribution is -0.169. The molecule has 0 radical (unpaired) electrons. The van der Waals surface area contributed by atoms with Crippen LogP contribution in [0.15, 0.2) is 76.6 Å². The molecule has 3 N–H and O–H groups in total. The van der Waals surface area contributed by atoms with E-state index >= 15 is 0 Å². The van der Waals surface area contributed by atoms with Gasteiger partial charge in [-0.1, -0.05) is 64.5 Å². The maximum atomic E-state index is 13.8. The van der Waals surface area contributed by atoms with E-state index in [1.807, 2.05) is 6.92 Å². The Hall–Kier alpha value is -3.88. The number of nitrogens with one attached hydrogen (secondary N) is 2. The Morgan fingerprint density at radius 2 is 1.58 bits per heavy atom. The fourth-order valence-electron chi connectivity index (χ4n) is 10.3. The molecule has 0 heterocycles. The molecule has 0 aromatic heterocycles. The van der Waals surface area contributed by atoms with Crippen LogP contribution >= 0.6 is 0 Å².